The van der Waals surface area contributed by atoms with Crippen molar-refractivity contribution in [3.05, 3.63) is 71.8 Å². The number of aryl methyl sites for hydroxylation is 1. The van der Waals surface area contributed by atoms with Crippen LogP contribution in [0.25, 0.3) is 21.9 Å². The number of aromatic nitrogens is 1. The second-order valence-electron chi connectivity index (χ2n) is 10.6. The zero-order chi connectivity index (χ0) is 24.9. The van der Waals surface area contributed by atoms with Crippen LogP contribution in [0.15, 0.2) is 49.1 Å². The van der Waals surface area contributed by atoms with E-state index in [4.69, 9.17) is 10.4 Å². The lowest BCUT2D eigenvalue weighted by atomic mass is 9.81. The highest BCUT2D eigenvalue weighted by molar-refractivity contribution is 6.04. The van der Waals surface area contributed by atoms with Gasteiger partial charge in [0.2, 0.25) is 0 Å². The van der Waals surface area contributed by atoms with E-state index in [1.165, 1.54) is 57.6 Å². The molecule has 1 heterocycles. The predicted molar refractivity (Wildman–Crippen MR) is 150 cm³/mol. The van der Waals surface area contributed by atoms with Gasteiger partial charge in [-0.25, -0.2) is 4.39 Å². The number of nitrogens with zero attached hydrogens (tertiary/aromatic N) is 1. The van der Waals surface area contributed by atoms with Crippen molar-refractivity contribution in [3.8, 4) is 11.1 Å². The maximum Gasteiger partial charge on any atom is 0.123 e. The third kappa shape index (κ3) is 5.23. The van der Waals surface area contributed by atoms with Crippen molar-refractivity contribution >= 4 is 22.7 Å². The first-order chi connectivity index (χ1) is 17.7. The molecule has 5 rings (SSSR count). The van der Waals surface area contributed by atoms with Gasteiger partial charge in [-0.05, 0) is 73.7 Å². The van der Waals surface area contributed by atoms with Gasteiger partial charge in [-0.2, -0.15) is 0 Å². The summed E-state index contributed by atoms with van der Waals surface area (Å²) in [6.45, 7) is 3.96. The Labute approximate surface area is 214 Å². The van der Waals surface area contributed by atoms with Crippen molar-refractivity contribution in [1.29, 1.82) is 5.41 Å². The van der Waals surface area contributed by atoms with E-state index in [1.807, 2.05) is 18.2 Å². The predicted octanol–water partition coefficient (Wildman–Crippen LogP) is 8.95. The number of hydrogen-bond donors (Lipinski definition) is 2. The quantitative estimate of drug-likeness (QED) is 0.248. The molecule has 2 aromatic carbocycles. The van der Waals surface area contributed by atoms with E-state index in [-0.39, 0.29) is 5.82 Å². The van der Waals surface area contributed by atoms with Crippen LogP contribution >= 0.6 is 0 Å². The number of anilines is 1. The molecule has 2 aliphatic carbocycles. The summed E-state index contributed by atoms with van der Waals surface area (Å²) in [5, 5.41) is 14.3. The molecule has 2 saturated carbocycles. The third-order valence-electron chi connectivity index (χ3n) is 8.11. The average Bonchev–Trinajstić information content (AvgIpc) is 2.93. The molecule has 36 heavy (non-hydrogen) atoms. The van der Waals surface area contributed by atoms with Crippen molar-refractivity contribution in [2.24, 2.45) is 0 Å². The molecule has 0 unspecified atom stereocenters. The first-order valence-electron chi connectivity index (χ1n) is 13.8. The van der Waals surface area contributed by atoms with E-state index in [9.17, 15) is 4.39 Å². The van der Waals surface area contributed by atoms with Gasteiger partial charge in [0, 0.05) is 46.1 Å². The molecular formula is C32H38FN3. The monoisotopic (exact) mass is 483 g/mol. The molecule has 0 amide bonds. The van der Waals surface area contributed by atoms with E-state index < -0.39 is 0 Å². The van der Waals surface area contributed by atoms with E-state index in [2.05, 4.69) is 24.0 Å². The van der Waals surface area contributed by atoms with E-state index in [0.717, 1.165) is 70.2 Å². The standard InChI is InChI=1S/C32H38FN3/c1-2-3-14-29-27-20-30(35-26-12-8-5-9-13-26)24(21-34)19-28(27)31(22-15-17-25(33)18-16-22)32(36-29)23-10-6-4-7-11-23/h2,15-21,23,26,34-35H,1,3-14H2. The number of fused-ring (bicyclic) bond motifs is 1. The summed E-state index contributed by atoms with van der Waals surface area (Å²) in [7, 11) is 0. The lowest BCUT2D eigenvalue weighted by Gasteiger charge is -2.27. The van der Waals surface area contributed by atoms with Crippen LogP contribution in [0.5, 0.6) is 0 Å². The van der Waals surface area contributed by atoms with Gasteiger partial charge in [0.25, 0.3) is 0 Å². The molecular weight excluding hydrogens is 445 g/mol. The number of rotatable bonds is 8. The fraction of sp³-hybridized carbons (Fsp3) is 0.438. The lowest BCUT2D eigenvalue weighted by Crippen LogP contribution is -2.23. The van der Waals surface area contributed by atoms with Gasteiger partial charge in [-0.1, -0.05) is 56.7 Å². The Balaban J connectivity index is 1.73. The Morgan fingerprint density at radius 1 is 0.944 bits per heavy atom. The van der Waals surface area contributed by atoms with Gasteiger partial charge in [-0.15, -0.1) is 6.58 Å². The fourth-order valence-corrected chi connectivity index (χ4v) is 6.19. The second kappa shape index (κ2) is 11.4. The van der Waals surface area contributed by atoms with E-state index in [1.54, 1.807) is 12.1 Å². The van der Waals surface area contributed by atoms with Crippen LogP contribution in [0.4, 0.5) is 10.1 Å². The van der Waals surface area contributed by atoms with Gasteiger partial charge >= 0.3 is 0 Å². The van der Waals surface area contributed by atoms with Gasteiger partial charge < -0.3 is 10.7 Å². The van der Waals surface area contributed by atoms with Crippen molar-refractivity contribution in [3.63, 3.8) is 0 Å². The summed E-state index contributed by atoms with van der Waals surface area (Å²) in [5.41, 5.74) is 6.32. The smallest absolute Gasteiger partial charge is 0.123 e. The first kappa shape index (κ1) is 24.7. The molecule has 0 saturated heterocycles. The fourth-order valence-electron chi connectivity index (χ4n) is 6.19. The molecule has 0 atom stereocenters. The second-order valence-corrected chi connectivity index (χ2v) is 10.6. The molecule has 0 spiro atoms. The number of halogens is 1. The maximum absolute atomic E-state index is 13.9. The molecule has 0 aliphatic heterocycles. The molecule has 3 nitrogen and oxygen atoms in total. The zero-order valence-electron chi connectivity index (χ0n) is 21.3. The number of hydrogen-bond acceptors (Lipinski definition) is 3. The minimum absolute atomic E-state index is 0.225. The zero-order valence-corrected chi connectivity index (χ0v) is 21.3. The Bertz CT molecular complexity index is 1220. The van der Waals surface area contributed by atoms with Crippen LogP contribution in [-0.4, -0.2) is 17.2 Å². The van der Waals surface area contributed by atoms with E-state index >= 15 is 0 Å². The molecule has 2 aliphatic rings. The van der Waals surface area contributed by atoms with Crippen molar-refractivity contribution in [2.75, 3.05) is 5.32 Å². The first-order valence-corrected chi connectivity index (χ1v) is 13.8. The highest BCUT2D eigenvalue weighted by atomic mass is 19.1. The van der Waals surface area contributed by atoms with Crippen LogP contribution in [0, 0.1) is 11.2 Å². The van der Waals surface area contributed by atoms with Crippen LogP contribution < -0.4 is 5.32 Å². The van der Waals surface area contributed by atoms with E-state index in [0.29, 0.717) is 12.0 Å². The molecule has 0 radical (unpaired) electrons. The SMILES string of the molecule is C=CCCc1nc(C2CCCCC2)c(-c2ccc(F)cc2)c2cc(C=N)c(NC3CCCCC3)cc12. The molecule has 3 aromatic rings. The maximum atomic E-state index is 13.9. The summed E-state index contributed by atoms with van der Waals surface area (Å²) in [6, 6.07) is 11.7. The number of benzene rings is 2. The van der Waals surface area contributed by atoms with Gasteiger partial charge in [0.1, 0.15) is 5.82 Å². The minimum atomic E-state index is -0.225. The summed E-state index contributed by atoms with van der Waals surface area (Å²) >= 11 is 0. The van der Waals surface area contributed by atoms with Crippen LogP contribution in [-0.2, 0) is 6.42 Å². The molecule has 4 heteroatoms. The average molecular weight is 484 g/mol. The van der Waals surface area contributed by atoms with Crippen molar-refractivity contribution in [2.45, 2.75) is 89.0 Å². The van der Waals surface area contributed by atoms with Crippen LogP contribution in [0.3, 0.4) is 0 Å². The third-order valence-corrected chi connectivity index (χ3v) is 8.11. The molecule has 2 fully saturated rings. The lowest BCUT2D eigenvalue weighted by molar-refractivity contribution is 0.437. The Hall–Kier alpha value is -3.01. The Kier molecular flexibility index (Phi) is 7.79. The Morgan fingerprint density at radius 2 is 1.64 bits per heavy atom. The van der Waals surface area contributed by atoms with Gasteiger partial charge in [0.05, 0.1) is 5.69 Å². The number of allylic oxidation sites excluding steroid dienone is 1. The largest absolute Gasteiger partial charge is 0.382 e. The normalized spacial score (nSPS) is 17.2. The van der Waals surface area contributed by atoms with Gasteiger partial charge in [0.15, 0.2) is 0 Å². The van der Waals surface area contributed by atoms with Crippen molar-refractivity contribution < 1.29 is 4.39 Å². The Morgan fingerprint density at radius 3 is 2.31 bits per heavy atom. The van der Waals surface area contributed by atoms with Crippen molar-refractivity contribution in [1.82, 2.24) is 4.98 Å². The highest BCUT2D eigenvalue weighted by Crippen LogP contribution is 2.43. The summed E-state index contributed by atoms with van der Waals surface area (Å²) in [5.74, 6) is 0.186. The minimum Gasteiger partial charge on any atom is -0.382 e. The molecule has 188 valence electrons. The summed E-state index contributed by atoms with van der Waals surface area (Å²) in [4.78, 5) is 5.38. The number of nitrogens with one attached hydrogen (secondary N) is 2. The van der Waals surface area contributed by atoms with Crippen LogP contribution in [0.1, 0.15) is 93.5 Å². The molecule has 2 N–H and O–H groups in total. The number of pyridine rings is 1. The van der Waals surface area contributed by atoms with Crippen LogP contribution in [0.2, 0.25) is 0 Å². The molecule has 0 bridgehead atoms. The van der Waals surface area contributed by atoms with Gasteiger partial charge in [-0.3, -0.25) is 4.98 Å². The topological polar surface area (TPSA) is 48.8 Å². The summed E-state index contributed by atoms with van der Waals surface area (Å²) < 4.78 is 13.9. The molecule has 1 aromatic heterocycles. The summed E-state index contributed by atoms with van der Waals surface area (Å²) in [6.07, 6.45) is 17.4. The highest BCUT2D eigenvalue weighted by Gasteiger charge is 2.25.